The molecular formula is C25H32O12. The molecule has 12 heteroatoms. The van der Waals surface area contributed by atoms with Gasteiger partial charge in [0, 0.05) is 12.5 Å². The lowest BCUT2D eigenvalue weighted by Gasteiger charge is -2.45. The van der Waals surface area contributed by atoms with E-state index in [1.165, 1.54) is 25.2 Å². The van der Waals surface area contributed by atoms with E-state index >= 15 is 0 Å². The smallest absolute Gasteiger partial charge is 0.331 e. The quantitative estimate of drug-likeness (QED) is 0.185. The predicted octanol–water partition coefficient (Wildman–Crippen LogP) is -1.19. The number of carbonyl (C=O) groups is 1. The van der Waals surface area contributed by atoms with Crippen LogP contribution in [0.3, 0.4) is 0 Å². The van der Waals surface area contributed by atoms with Gasteiger partial charge in [0.25, 0.3) is 0 Å². The molecule has 2 aliphatic heterocycles. The number of hydrogen-bond donors (Lipinski definition) is 6. The van der Waals surface area contributed by atoms with Gasteiger partial charge in [0.15, 0.2) is 6.29 Å². The fourth-order valence-corrected chi connectivity index (χ4v) is 5.01. The molecule has 0 spiro atoms. The topological polar surface area (TPSA) is 185 Å². The summed E-state index contributed by atoms with van der Waals surface area (Å²) in [6, 6.07) is 6.95. The summed E-state index contributed by atoms with van der Waals surface area (Å²) in [5, 5.41) is 62.4. The number of methoxy groups -OCH3 is 1. The summed E-state index contributed by atoms with van der Waals surface area (Å²) in [4.78, 5) is 12.6. The molecule has 0 radical (unpaired) electrons. The summed E-state index contributed by atoms with van der Waals surface area (Å²) in [6.45, 7) is 0.749. The third-order valence-corrected chi connectivity index (χ3v) is 7.01. The van der Waals surface area contributed by atoms with E-state index in [-0.39, 0.29) is 6.42 Å². The van der Waals surface area contributed by atoms with Gasteiger partial charge in [-0.25, -0.2) is 4.79 Å². The lowest BCUT2D eigenvalue weighted by atomic mass is 9.81. The number of hydrogen-bond acceptors (Lipinski definition) is 12. The van der Waals surface area contributed by atoms with Crippen LogP contribution in [-0.4, -0.2) is 105 Å². The molecule has 2 fully saturated rings. The zero-order valence-electron chi connectivity index (χ0n) is 20.3. The number of esters is 1. The van der Waals surface area contributed by atoms with Gasteiger partial charge in [0.05, 0.1) is 31.5 Å². The Balaban J connectivity index is 1.48. The maximum Gasteiger partial charge on any atom is 0.331 e. The van der Waals surface area contributed by atoms with Crippen molar-refractivity contribution in [3.63, 3.8) is 0 Å². The maximum atomic E-state index is 12.6. The molecule has 3 aliphatic rings. The zero-order valence-corrected chi connectivity index (χ0v) is 20.3. The lowest BCUT2D eigenvalue weighted by Crippen LogP contribution is -2.62. The highest BCUT2D eigenvalue weighted by molar-refractivity contribution is 5.87. The van der Waals surface area contributed by atoms with Crippen LogP contribution in [0.15, 0.2) is 42.7 Å². The van der Waals surface area contributed by atoms with Gasteiger partial charge in [-0.2, -0.15) is 0 Å². The number of rotatable bonds is 7. The Morgan fingerprint density at radius 3 is 2.46 bits per heavy atom. The minimum Gasteiger partial charge on any atom is -0.497 e. The molecule has 4 rings (SSSR count). The van der Waals surface area contributed by atoms with E-state index in [0.29, 0.717) is 11.3 Å². The van der Waals surface area contributed by atoms with Gasteiger partial charge in [-0.15, -0.1) is 0 Å². The molecule has 1 saturated carbocycles. The Bertz CT molecular complexity index is 1010. The van der Waals surface area contributed by atoms with Crippen LogP contribution in [0.4, 0.5) is 0 Å². The monoisotopic (exact) mass is 524 g/mol. The van der Waals surface area contributed by atoms with Crippen LogP contribution in [0.1, 0.15) is 18.9 Å². The van der Waals surface area contributed by atoms with E-state index in [9.17, 15) is 35.4 Å². The van der Waals surface area contributed by atoms with Crippen LogP contribution in [0.2, 0.25) is 0 Å². The summed E-state index contributed by atoms with van der Waals surface area (Å²) >= 11 is 0. The summed E-state index contributed by atoms with van der Waals surface area (Å²) in [7, 11) is 1.54. The second-order valence-corrected chi connectivity index (χ2v) is 9.60. The van der Waals surface area contributed by atoms with E-state index in [1.54, 1.807) is 31.4 Å². The van der Waals surface area contributed by atoms with Gasteiger partial charge in [-0.3, -0.25) is 0 Å². The molecule has 2 heterocycles. The van der Waals surface area contributed by atoms with Gasteiger partial charge in [-0.05, 0) is 36.8 Å². The van der Waals surface area contributed by atoms with E-state index in [0.717, 1.165) is 6.26 Å². The summed E-state index contributed by atoms with van der Waals surface area (Å²) in [6.07, 6.45) is -5.47. The molecule has 10 atom stereocenters. The number of ether oxygens (including phenoxy) is 5. The average molecular weight is 525 g/mol. The standard InChI is InChI=1S/C25H32O12/c1-24(31)11-16(36-17(27)8-5-13-3-6-14(33-2)7-4-13)25(32)9-10-34-23(21(24)25)37-22-20(30)19(29)18(28)15(12-26)35-22/h3-10,15-16,18-23,26,28-32H,11-12H2,1-2H3/t15-,16+,18+,19+,20+,21+,22-,23-,24-,25+/m0/s1. The summed E-state index contributed by atoms with van der Waals surface area (Å²) in [5.74, 6) is -1.30. The van der Waals surface area contributed by atoms with Crippen LogP contribution < -0.4 is 4.74 Å². The Hall–Kier alpha value is -2.55. The van der Waals surface area contributed by atoms with E-state index < -0.39 is 72.8 Å². The first kappa shape index (κ1) is 27.5. The van der Waals surface area contributed by atoms with Crippen LogP contribution in [0.25, 0.3) is 6.08 Å². The van der Waals surface area contributed by atoms with Crippen molar-refractivity contribution in [1.82, 2.24) is 0 Å². The largest absolute Gasteiger partial charge is 0.497 e. The predicted molar refractivity (Wildman–Crippen MR) is 124 cm³/mol. The average Bonchev–Trinajstić information content (AvgIpc) is 3.08. The molecule has 1 saturated heterocycles. The zero-order chi connectivity index (χ0) is 27.0. The second kappa shape index (κ2) is 10.7. The van der Waals surface area contributed by atoms with Crippen molar-refractivity contribution in [1.29, 1.82) is 0 Å². The highest BCUT2D eigenvalue weighted by Crippen LogP contribution is 2.50. The highest BCUT2D eigenvalue weighted by atomic mass is 16.8. The van der Waals surface area contributed by atoms with Crippen molar-refractivity contribution < 1.29 is 59.1 Å². The molecule has 1 aromatic rings. The minimum absolute atomic E-state index is 0.168. The molecule has 12 nitrogen and oxygen atoms in total. The molecule has 0 bridgehead atoms. The summed E-state index contributed by atoms with van der Waals surface area (Å²) in [5.41, 5.74) is -2.86. The highest BCUT2D eigenvalue weighted by Gasteiger charge is 2.65. The van der Waals surface area contributed by atoms with Crippen LogP contribution in [0.5, 0.6) is 5.75 Å². The number of carbonyl (C=O) groups excluding carboxylic acids is 1. The summed E-state index contributed by atoms with van der Waals surface area (Å²) < 4.78 is 27.1. The van der Waals surface area contributed by atoms with Gasteiger partial charge in [0.2, 0.25) is 6.29 Å². The van der Waals surface area contributed by atoms with Crippen molar-refractivity contribution in [2.45, 2.75) is 67.6 Å². The van der Waals surface area contributed by atoms with Gasteiger partial charge >= 0.3 is 5.97 Å². The number of aliphatic hydroxyl groups excluding tert-OH is 4. The second-order valence-electron chi connectivity index (χ2n) is 9.60. The third kappa shape index (κ3) is 5.38. The Labute approximate surface area is 212 Å². The SMILES string of the molecule is COc1ccc(C=CC(=O)O[C@@H]2C[C@](C)(O)[C@H]3[C@H](O[C@@H]4O[C@@H](CO)[C@@H](O)[C@@H](O)[C@H]4O)OC=C[C@@]23O)cc1. The Morgan fingerprint density at radius 2 is 1.81 bits per heavy atom. The van der Waals surface area contributed by atoms with Crippen molar-refractivity contribution in [3.05, 3.63) is 48.2 Å². The maximum absolute atomic E-state index is 12.6. The van der Waals surface area contributed by atoms with Crippen LogP contribution in [0, 0.1) is 5.92 Å². The van der Waals surface area contributed by atoms with Gasteiger partial charge in [0.1, 0.15) is 41.9 Å². The normalized spacial score (nSPS) is 41.3. The fraction of sp³-hybridized carbons (Fsp3) is 0.560. The van der Waals surface area contributed by atoms with Crippen molar-refractivity contribution in [3.8, 4) is 5.75 Å². The molecule has 1 aromatic carbocycles. The number of fused-ring (bicyclic) bond motifs is 1. The van der Waals surface area contributed by atoms with Crippen molar-refractivity contribution in [2.24, 2.45) is 5.92 Å². The molecule has 0 amide bonds. The van der Waals surface area contributed by atoms with E-state index in [1.807, 2.05) is 0 Å². The van der Waals surface area contributed by atoms with Crippen LogP contribution in [-0.2, 0) is 23.7 Å². The first-order valence-electron chi connectivity index (χ1n) is 11.8. The van der Waals surface area contributed by atoms with Crippen molar-refractivity contribution >= 4 is 12.0 Å². The molecule has 1 aliphatic carbocycles. The number of aliphatic hydroxyl groups is 6. The third-order valence-electron chi connectivity index (χ3n) is 7.01. The molecular weight excluding hydrogens is 492 g/mol. The van der Waals surface area contributed by atoms with Gasteiger partial charge in [-0.1, -0.05) is 12.1 Å². The molecule has 37 heavy (non-hydrogen) atoms. The fourth-order valence-electron chi connectivity index (χ4n) is 5.01. The molecule has 6 N–H and O–H groups in total. The van der Waals surface area contributed by atoms with E-state index in [2.05, 4.69) is 0 Å². The molecule has 0 aromatic heterocycles. The van der Waals surface area contributed by atoms with Crippen molar-refractivity contribution in [2.75, 3.05) is 13.7 Å². The lowest BCUT2D eigenvalue weighted by molar-refractivity contribution is -0.351. The first-order valence-corrected chi connectivity index (χ1v) is 11.8. The Kier molecular flexibility index (Phi) is 7.93. The number of benzene rings is 1. The first-order chi connectivity index (χ1) is 17.5. The van der Waals surface area contributed by atoms with Gasteiger partial charge < -0.3 is 54.3 Å². The van der Waals surface area contributed by atoms with Crippen LogP contribution >= 0.6 is 0 Å². The molecule has 0 unspecified atom stereocenters. The molecule has 204 valence electrons. The van der Waals surface area contributed by atoms with E-state index in [4.69, 9.17) is 23.7 Å². The minimum atomic E-state index is -1.91. The Morgan fingerprint density at radius 1 is 1.11 bits per heavy atom.